The molecule has 2 aromatic heterocycles. The van der Waals surface area contributed by atoms with Crippen molar-refractivity contribution in [1.29, 1.82) is 0 Å². The Kier molecular flexibility index (Phi) is 5.10. The molecule has 0 aliphatic heterocycles. The first-order chi connectivity index (χ1) is 12.4. The van der Waals surface area contributed by atoms with Crippen molar-refractivity contribution < 1.29 is 14.6 Å². The summed E-state index contributed by atoms with van der Waals surface area (Å²) in [7, 11) is 1.54. The molecule has 2 heterocycles. The van der Waals surface area contributed by atoms with Gasteiger partial charge in [-0.05, 0) is 29.5 Å². The summed E-state index contributed by atoms with van der Waals surface area (Å²) in [5.41, 5.74) is 0.624. The van der Waals surface area contributed by atoms with E-state index in [4.69, 9.17) is 27.9 Å². The Morgan fingerprint density at radius 1 is 1.35 bits per heavy atom. The molecule has 0 amide bonds. The number of rotatable bonds is 6. The van der Waals surface area contributed by atoms with Gasteiger partial charge in [-0.2, -0.15) is 5.10 Å². The van der Waals surface area contributed by atoms with Crippen molar-refractivity contribution in [2.24, 2.45) is 7.05 Å². The van der Waals surface area contributed by atoms with Crippen molar-refractivity contribution in [3.63, 3.8) is 0 Å². The zero-order valence-corrected chi connectivity index (χ0v) is 15.4. The van der Waals surface area contributed by atoms with Crippen LogP contribution in [-0.2, 0) is 13.6 Å². The SMILES string of the molecule is Cc1nn(C)c(O)c1C(=O)c1ccc(Cl)c(OCCn2cnnn2)c1Cl. The molecule has 136 valence electrons. The third-order valence-electron chi connectivity index (χ3n) is 3.67. The van der Waals surface area contributed by atoms with Gasteiger partial charge in [0.05, 0.1) is 22.3 Å². The maximum atomic E-state index is 12.8. The first-order valence-corrected chi connectivity index (χ1v) is 8.24. The van der Waals surface area contributed by atoms with E-state index in [-0.39, 0.29) is 39.4 Å². The quantitative estimate of drug-likeness (QED) is 0.634. The topological polar surface area (TPSA) is 108 Å². The molecular weight excluding hydrogens is 383 g/mol. The van der Waals surface area contributed by atoms with Crippen LogP contribution >= 0.6 is 23.2 Å². The number of hydrogen-bond donors (Lipinski definition) is 1. The molecule has 0 saturated heterocycles. The Hall–Kier alpha value is -2.65. The van der Waals surface area contributed by atoms with E-state index < -0.39 is 5.78 Å². The second-order valence-corrected chi connectivity index (χ2v) is 6.18. The number of nitrogens with zero attached hydrogens (tertiary/aromatic N) is 6. The summed E-state index contributed by atoms with van der Waals surface area (Å²) in [6, 6.07) is 2.99. The molecule has 0 atom stereocenters. The zero-order valence-electron chi connectivity index (χ0n) is 13.8. The fraction of sp³-hybridized carbons (Fsp3) is 0.267. The van der Waals surface area contributed by atoms with Crippen LogP contribution in [0, 0.1) is 6.92 Å². The lowest BCUT2D eigenvalue weighted by molar-refractivity contribution is 0.103. The van der Waals surface area contributed by atoms with Gasteiger partial charge >= 0.3 is 0 Å². The number of carbonyl (C=O) groups excluding carboxylic acids is 1. The van der Waals surface area contributed by atoms with E-state index in [0.29, 0.717) is 12.2 Å². The summed E-state index contributed by atoms with van der Waals surface area (Å²) in [6.07, 6.45) is 1.44. The van der Waals surface area contributed by atoms with Crippen LogP contribution in [0.25, 0.3) is 0 Å². The molecule has 0 aliphatic rings. The van der Waals surface area contributed by atoms with Gasteiger partial charge in [-0.25, -0.2) is 9.36 Å². The number of ketones is 1. The highest BCUT2D eigenvalue weighted by atomic mass is 35.5. The molecule has 0 aliphatic carbocycles. The van der Waals surface area contributed by atoms with Gasteiger partial charge in [-0.3, -0.25) is 4.79 Å². The molecule has 0 radical (unpaired) electrons. The average molecular weight is 397 g/mol. The monoisotopic (exact) mass is 396 g/mol. The van der Waals surface area contributed by atoms with Crippen LogP contribution in [0.1, 0.15) is 21.6 Å². The minimum absolute atomic E-state index is 0.0573. The minimum Gasteiger partial charge on any atom is -0.493 e. The number of aryl methyl sites for hydroxylation is 2. The maximum absolute atomic E-state index is 12.8. The predicted octanol–water partition coefficient (Wildman–Crippen LogP) is 2.04. The van der Waals surface area contributed by atoms with Crippen LogP contribution in [0.5, 0.6) is 11.6 Å². The first kappa shape index (κ1) is 18.2. The lowest BCUT2D eigenvalue weighted by Crippen LogP contribution is -2.10. The van der Waals surface area contributed by atoms with E-state index in [1.54, 1.807) is 6.92 Å². The molecule has 9 nitrogen and oxygen atoms in total. The van der Waals surface area contributed by atoms with E-state index in [1.165, 1.54) is 34.9 Å². The van der Waals surface area contributed by atoms with E-state index >= 15 is 0 Å². The number of aromatic hydroxyl groups is 1. The number of halogens is 2. The minimum atomic E-state index is -0.472. The normalized spacial score (nSPS) is 10.9. The first-order valence-electron chi connectivity index (χ1n) is 7.49. The molecule has 3 rings (SSSR count). The molecule has 1 aromatic carbocycles. The van der Waals surface area contributed by atoms with Crippen LogP contribution in [-0.4, -0.2) is 47.5 Å². The second kappa shape index (κ2) is 7.30. The summed E-state index contributed by atoms with van der Waals surface area (Å²) in [5, 5.41) is 25.2. The fourth-order valence-corrected chi connectivity index (χ4v) is 2.98. The molecule has 0 spiro atoms. The van der Waals surface area contributed by atoms with Crippen LogP contribution in [0.2, 0.25) is 10.0 Å². The lowest BCUT2D eigenvalue weighted by Gasteiger charge is -2.12. The number of carbonyl (C=O) groups is 1. The highest BCUT2D eigenvalue weighted by Gasteiger charge is 2.25. The fourth-order valence-electron chi connectivity index (χ4n) is 2.41. The highest BCUT2D eigenvalue weighted by molar-refractivity contribution is 6.40. The maximum Gasteiger partial charge on any atom is 0.220 e. The van der Waals surface area contributed by atoms with Crippen molar-refractivity contribution in [3.05, 3.63) is 45.3 Å². The van der Waals surface area contributed by atoms with Crippen LogP contribution in [0.15, 0.2) is 18.5 Å². The van der Waals surface area contributed by atoms with Gasteiger partial charge in [0, 0.05) is 12.6 Å². The van der Waals surface area contributed by atoms with Gasteiger partial charge < -0.3 is 9.84 Å². The molecule has 0 saturated carbocycles. The molecule has 3 aromatic rings. The van der Waals surface area contributed by atoms with Crippen molar-refractivity contribution in [2.75, 3.05) is 6.61 Å². The Bertz CT molecular complexity index is 955. The van der Waals surface area contributed by atoms with Gasteiger partial charge in [0.25, 0.3) is 0 Å². The van der Waals surface area contributed by atoms with Gasteiger partial charge in [0.1, 0.15) is 18.5 Å². The third kappa shape index (κ3) is 3.35. The van der Waals surface area contributed by atoms with Crippen LogP contribution in [0.4, 0.5) is 0 Å². The second-order valence-electron chi connectivity index (χ2n) is 5.40. The van der Waals surface area contributed by atoms with E-state index in [1.807, 2.05) is 0 Å². The lowest BCUT2D eigenvalue weighted by atomic mass is 10.0. The summed E-state index contributed by atoms with van der Waals surface area (Å²) < 4.78 is 8.32. The summed E-state index contributed by atoms with van der Waals surface area (Å²) in [4.78, 5) is 12.8. The van der Waals surface area contributed by atoms with E-state index in [9.17, 15) is 9.90 Å². The molecule has 11 heteroatoms. The summed E-state index contributed by atoms with van der Waals surface area (Å²) in [5.74, 6) is -0.534. The molecule has 26 heavy (non-hydrogen) atoms. The van der Waals surface area contributed by atoms with Crippen molar-refractivity contribution in [1.82, 2.24) is 30.0 Å². The molecule has 0 fully saturated rings. The third-order valence-corrected chi connectivity index (χ3v) is 4.34. The Balaban J connectivity index is 1.87. The van der Waals surface area contributed by atoms with Crippen molar-refractivity contribution in [2.45, 2.75) is 13.5 Å². The van der Waals surface area contributed by atoms with Crippen LogP contribution in [0.3, 0.4) is 0 Å². The molecule has 0 unspecified atom stereocenters. The van der Waals surface area contributed by atoms with Gasteiger partial charge in [-0.15, -0.1) is 5.10 Å². The standard InChI is InChI=1S/C15H14Cl2N6O3/c1-8-11(15(25)22(2)19-8)13(24)9-3-4-10(16)14(12(9)17)26-6-5-23-7-18-20-21-23/h3-4,7,25H,5-6H2,1-2H3. The number of benzene rings is 1. The average Bonchev–Trinajstić information content (AvgIpc) is 3.19. The molecular formula is C15H14Cl2N6O3. The number of hydrogen-bond acceptors (Lipinski definition) is 7. The number of tetrazole rings is 1. The predicted molar refractivity (Wildman–Crippen MR) is 92.8 cm³/mol. The number of ether oxygens (including phenoxy) is 1. The highest BCUT2D eigenvalue weighted by Crippen LogP contribution is 2.37. The van der Waals surface area contributed by atoms with Gasteiger partial charge in [0.2, 0.25) is 11.7 Å². The number of aromatic nitrogens is 6. The molecule has 1 N–H and O–H groups in total. The van der Waals surface area contributed by atoms with Gasteiger partial charge in [-0.1, -0.05) is 23.2 Å². The smallest absolute Gasteiger partial charge is 0.220 e. The summed E-state index contributed by atoms with van der Waals surface area (Å²) >= 11 is 12.5. The Morgan fingerprint density at radius 2 is 2.12 bits per heavy atom. The van der Waals surface area contributed by atoms with Crippen molar-refractivity contribution >= 4 is 29.0 Å². The zero-order chi connectivity index (χ0) is 18.8. The van der Waals surface area contributed by atoms with E-state index in [2.05, 4.69) is 20.6 Å². The molecule has 0 bridgehead atoms. The van der Waals surface area contributed by atoms with E-state index in [0.717, 1.165) is 0 Å². The van der Waals surface area contributed by atoms with Gasteiger partial charge in [0.15, 0.2) is 5.75 Å². The largest absolute Gasteiger partial charge is 0.493 e. The Morgan fingerprint density at radius 3 is 2.73 bits per heavy atom. The Labute approximate surface area is 158 Å². The summed E-state index contributed by atoms with van der Waals surface area (Å²) in [6.45, 7) is 2.19. The van der Waals surface area contributed by atoms with Crippen LogP contribution < -0.4 is 4.74 Å². The van der Waals surface area contributed by atoms with Crippen molar-refractivity contribution in [3.8, 4) is 11.6 Å².